The highest BCUT2D eigenvalue weighted by Gasteiger charge is 2.30. The number of nitrogens with zero attached hydrogens (tertiary/aromatic N) is 1. The first kappa shape index (κ1) is 23.5. The molecule has 1 aliphatic heterocycles. The van der Waals surface area contributed by atoms with Crippen molar-refractivity contribution >= 4 is 31.8 Å². The van der Waals surface area contributed by atoms with Crippen molar-refractivity contribution in [1.29, 1.82) is 0 Å². The molecule has 0 unspecified atom stereocenters. The number of anilines is 3. The molecule has 5 aromatic rings. The minimum atomic E-state index is -0.488. The standard InChI is InChI=1S/C35H33NSi/c1-3-35(4-2,37-28-14-6-5-7-15-28)26-22-24-27(25-23-26)36-33-20-12-10-18-31(33)29-16-8-9-17-30(29)32-19-11-13-21-34(32)36/h5-25H,3-4,37H2,1-2H3. The molecule has 0 atom stereocenters. The highest BCUT2D eigenvalue weighted by molar-refractivity contribution is 6.56. The first-order chi connectivity index (χ1) is 18.2. The van der Waals surface area contributed by atoms with Crippen molar-refractivity contribution in [2.75, 3.05) is 4.90 Å². The van der Waals surface area contributed by atoms with Crippen LogP contribution in [0.15, 0.2) is 127 Å². The molecule has 0 saturated carbocycles. The lowest BCUT2D eigenvalue weighted by Crippen LogP contribution is -2.39. The van der Waals surface area contributed by atoms with E-state index in [1.54, 1.807) is 5.19 Å². The fourth-order valence-corrected chi connectivity index (χ4v) is 8.34. The average Bonchev–Trinajstić information content (AvgIpc) is 3.10. The summed E-state index contributed by atoms with van der Waals surface area (Å²) in [4.78, 5) is 2.45. The largest absolute Gasteiger partial charge is 0.309 e. The van der Waals surface area contributed by atoms with Gasteiger partial charge in [-0.3, -0.25) is 0 Å². The molecule has 1 nitrogen and oxygen atoms in total. The van der Waals surface area contributed by atoms with E-state index >= 15 is 0 Å². The first-order valence-corrected chi connectivity index (χ1v) is 14.9. The SMILES string of the molecule is CCC(CC)([SiH2]c1ccccc1)c1ccc(N2c3ccccc3-c3ccccc3-c3ccccc32)cc1. The van der Waals surface area contributed by atoms with E-state index < -0.39 is 9.52 Å². The van der Waals surface area contributed by atoms with Gasteiger partial charge in [0.25, 0.3) is 0 Å². The van der Waals surface area contributed by atoms with E-state index in [1.165, 1.54) is 57.7 Å². The van der Waals surface area contributed by atoms with Crippen LogP contribution in [0.5, 0.6) is 0 Å². The minimum Gasteiger partial charge on any atom is -0.309 e. The third-order valence-corrected chi connectivity index (χ3v) is 11.2. The van der Waals surface area contributed by atoms with Crippen LogP contribution in [-0.4, -0.2) is 9.52 Å². The van der Waals surface area contributed by atoms with E-state index in [0.29, 0.717) is 0 Å². The summed E-state index contributed by atoms with van der Waals surface area (Å²) in [5.41, 5.74) is 10.3. The van der Waals surface area contributed by atoms with Gasteiger partial charge in [0.05, 0.1) is 20.9 Å². The highest BCUT2D eigenvalue weighted by atomic mass is 28.2. The van der Waals surface area contributed by atoms with Gasteiger partial charge in [0.15, 0.2) is 0 Å². The lowest BCUT2D eigenvalue weighted by Gasteiger charge is -2.33. The molecule has 2 heteroatoms. The zero-order chi connectivity index (χ0) is 25.2. The molecule has 182 valence electrons. The number of fused-ring (bicyclic) bond motifs is 5. The Morgan fingerprint density at radius 1 is 0.514 bits per heavy atom. The number of benzene rings is 5. The third kappa shape index (κ3) is 4.12. The third-order valence-electron chi connectivity index (χ3n) is 8.27. The lowest BCUT2D eigenvalue weighted by atomic mass is 9.92. The Balaban J connectivity index is 1.48. The van der Waals surface area contributed by atoms with Gasteiger partial charge in [-0.2, -0.15) is 0 Å². The van der Waals surface area contributed by atoms with Crippen molar-refractivity contribution in [3.8, 4) is 22.3 Å². The molecular weight excluding hydrogens is 462 g/mol. The molecule has 0 spiro atoms. The van der Waals surface area contributed by atoms with E-state index in [1.807, 2.05) is 0 Å². The Morgan fingerprint density at radius 2 is 0.973 bits per heavy atom. The van der Waals surface area contributed by atoms with E-state index in [-0.39, 0.29) is 5.04 Å². The van der Waals surface area contributed by atoms with Crippen LogP contribution in [0.1, 0.15) is 32.3 Å². The average molecular weight is 496 g/mol. The molecule has 0 aliphatic carbocycles. The van der Waals surface area contributed by atoms with Gasteiger partial charge in [0.1, 0.15) is 0 Å². The van der Waals surface area contributed by atoms with Crippen molar-refractivity contribution in [3.63, 3.8) is 0 Å². The van der Waals surface area contributed by atoms with Gasteiger partial charge in [-0.05, 0) is 58.8 Å². The van der Waals surface area contributed by atoms with Crippen LogP contribution in [-0.2, 0) is 5.04 Å². The second-order valence-corrected chi connectivity index (χ2v) is 12.6. The summed E-state index contributed by atoms with van der Waals surface area (Å²) in [7, 11) is -0.488. The zero-order valence-corrected chi connectivity index (χ0v) is 23.1. The Bertz CT molecular complexity index is 1450. The summed E-state index contributed by atoms with van der Waals surface area (Å²) >= 11 is 0. The van der Waals surface area contributed by atoms with Crippen molar-refractivity contribution < 1.29 is 0 Å². The Hall–Kier alpha value is -3.88. The molecule has 0 N–H and O–H groups in total. The molecule has 1 heterocycles. The topological polar surface area (TPSA) is 3.24 Å². The van der Waals surface area contributed by atoms with Gasteiger partial charge in [-0.15, -0.1) is 0 Å². The normalized spacial score (nSPS) is 12.6. The van der Waals surface area contributed by atoms with Gasteiger partial charge in [0, 0.05) is 16.8 Å². The molecule has 6 rings (SSSR count). The van der Waals surface area contributed by atoms with Gasteiger partial charge in [-0.1, -0.05) is 122 Å². The summed E-state index contributed by atoms with van der Waals surface area (Å²) in [6.07, 6.45) is 2.35. The maximum Gasteiger partial charge on any atom is 0.0662 e. The van der Waals surface area contributed by atoms with Crippen LogP contribution in [0.25, 0.3) is 22.3 Å². The number of hydrogen-bond donors (Lipinski definition) is 0. The molecule has 5 aromatic carbocycles. The Labute approximate surface area is 223 Å². The molecule has 0 bridgehead atoms. The van der Waals surface area contributed by atoms with Crippen LogP contribution >= 0.6 is 0 Å². The summed E-state index contributed by atoms with van der Waals surface area (Å²) in [6.45, 7) is 4.73. The molecule has 0 amide bonds. The number of hydrogen-bond acceptors (Lipinski definition) is 1. The molecule has 0 radical (unpaired) electrons. The van der Waals surface area contributed by atoms with Gasteiger partial charge in [-0.25, -0.2) is 0 Å². The lowest BCUT2D eigenvalue weighted by molar-refractivity contribution is 0.560. The van der Waals surface area contributed by atoms with E-state index in [9.17, 15) is 0 Å². The maximum atomic E-state index is 2.45. The van der Waals surface area contributed by atoms with E-state index in [4.69, 9.17) is 0 Å². The van der Waals surface area contributed by atoms with Gasteiger partial charge in [0.2, 0.25) is 0 Å². The quantitative estimate of drug-likeness (QED) is 0.210. The van der Waals surface area contributed by atoms with Crippen LogP contribution in [0, 0.1) is 0 Å². The van der Waals surface area contributed by atoms with E-state index in [2.05, 4.69) is 146 Å². The van der Waals surface area contributed by atoms with Crippen molar-refractivity contribution in [1.82, 2.24) is 0 Å². The van der Waals surface area contributed by atoms with Crippen molar-refractivity contribution in [2.24, 2.45) is 0 Å². The molecule has 37 heavy (non-hydrogen) atoms. The summed E-state index contributed by atoms with van der Waals surface area (Å²) in [5, 5.41) is 1.81. The van der Waals surface area contributed by atoms with Gasteiger partial charge >= 0.3 is 0 Å². The monoisotopic (exact) mass is 495 g/mol. The number of para-hydroxylation sites is 2. The van der Waals surface area contributed by atoms with Crippen LogP contribution in [0.3, 0.4) is 0 Å². The van der Waals surface area contributed by atoms with Crippen molar-refractivity contribution in [3.05, 3.63) is 133 Å². The minimum absolute atomic E-state index is 0.269. The van der Waals surface area contributed by atoms with Gasteiger partial charge < -0.3 is 4.90 Å². The summed E-state index contributed by atoms with van der Waals surface area (Å²) < 4.78 is 0. The zero-order valence-electron chi connectivity index (χ0n) is 21.7. The molecule has 0 fully saturated rings. The Morgan fingerprint density at radius 3 is 1.49 bits per heavy atom. The molecule has 0 aromatic heterocycles. The van der Waals surface area contributed by atoms with Crippen LogP contribution < -0.4 is 10.1 Å². The maximum absolute atomic E-state index is 2.45. The Kier molecular flexibility index (Phi) is 6.28. The summed E-state index contributed by atoms with van der Waals surface area (Å²) in [5.74, 6) is 0. The fourth-order valence-electron chi connectivity index (χ4n) is 6.11. The van der Waals surface area contributed by atoms with Crippen molar-refractivity contribution in [2.45, 2.75) is 31.7 Å². The molecule has 0 saturated heterocycles. The first-order valence-electron chi connectivity index (χ1n) is 13.5. The smallest absolute Gasteiger partial charge is 0.0662 e. The van der Waals surface area contributed by atoms with Crippen LogP contribution in [0.2, 0.25) is 0 Å². The molecular formula is C35H33NSi. The summed E-state index contributed by atoms with van der Waals surface area (Å²) in [6, 6.07) is 47.1. The second kappa shape index (κ2) is 9.88. The predicted octanol–water partition coefficient (Wildman–Crippen LogP) is 8.31. The number of rotatable bonds is 6. The van der Waals surface area contributed by atoms with Crippen LogP contribution in [0.4, 0.5) is 17.1 Å². The second-order valence-electron chi connectivity index (χ2n) is 10.1. The fraction of sp³-hybridized carbons (Fsp3) is 0.143. The van der Waals surface area contributed by atoms with E-state index in [0.717, 1.165) is 0 Å². The predicted molar refractivity (Wildman–Crippen MR) is 162 cm³/mol. The highest BCUT2D eigenvalue weighted by Crippen LogP contribution is 2.50. The molecule has 1 aliphatic rings.